The zero-order valence-electron chi connectivity index (χ0n) is 8.66. The van der Waals surface area contributed by atoms with E-state index in [2.05, 4.69) is 10.2 Å². The van der Waals surface area contributed by atoms with Gasteiger partial charge in [-0.3, -0.25) is 14.8 Å². The molecule has 1 aliphatic heterocycles. The maximum Gasteiger partial charge on any atom is 0.228 e. The summed E-state index contributed by atoms with van der Waals surface area (Å²) in [5.74, 6) is 0.797. The first-order valence-electron chi connectivity index (χ1n) is 4.94. The van der Waals surface area contributed by atoms with E-state index in [1.807, 2.05) is 6.92 Å². The van der Waals surface area contributed by atoms with Gasteiger partial charge in [0.2, 0.25) is 5.91 Å². The molecule has 6 nitrogen and oxygen atoms in total. The minimum absolute atomic E-state index is 0.0450. The molecule has 2 heterocycles. The summed E-state index contributed by atoms with van der Waals surface area (Å²) in [6.07, 6.45) is 0.488. The molecule has 15 heavy (non-hydrogen) atoms. The fraction of sp³-hybridized carbons (Fsp3) is 0.556. The molecular formula is C9H15N5O. The predicted octanol–water partition coefficient (Wildman–Crippen LogP) is -0.388. The first kappa shape index (κ1) is 9.97. The Hall–Kier alpha value is -1.56. The van der Waals surface area contributed by atoms with Crippen LogP contribution in [-0.2, 0) is 4.79 Å². The molecule has 0 bridgehead atoms. The average molecular weight is 209 g/mol. The van der Waals surface area contributed by atoms with Crippen LogP contribution in [0.3, 0.4) is 0 Å². The molecule has 1 saturated heterocycles. The highest BCUT2D eigenvalue weighted by Crippen LogP contribution is 2.28. The minimum atomic E-state index is 0.0450. The van der Waals surface area contributed by atoms with Crippen molar-refractivity contribution >= 4 is 17.4 Å². The average Bonchev–Trinajstić information content (AvgIpc) is 2.73. The van der Waals surface area contributed by atoms with E-state index in [0.29, 0.717) is 31.0 Å². The molecule has 0 saturated carbocycles. The van der Waals surface area contributed by atoms with Crippen LogP contribution in [-0.4, -0.2) is 29.2 Å². The number of aryl methyl sites for hydroxylation is 1. The smallest absolute Gasteiger partial charge is 0.228 e. The summed E-state index contributed by atoms with van der Waals surface area (Å²) in [7, 11) is 0. The van der Waals surface area contributed by atoms with Crippen molar-refractivity contribution in [2.24, 2.45) is 11.7 Å². The van der Waals surface area contributed by atoms with E-state index in [-0.39, 0.29) is 11.8 Å². The Kier molecular flexibility index (Phi) is 2.36. The van der Waals surface area contributed by atoms with Crippen LogP contribution in [0.4, 0.5) is 11.5 Å². The van der Waals surface area contributed by atoms with Crippen LogP contribution in [0.15, 0.2) is 0 Å². The fourth-order valence-corrected chi connectivity index (χ4v) is 1.77. The van der Waals surface area contributed by atoms with Gasteiger partial charge in [0.15, 0.2) is 5.82 Å². The number of carbonyl (C=O) groups excluding carboxylic acids is 1. The standard InChI is InChI=1S/C9H15N5O/c1-5-8(11)9(13-12-5)14-4-6(3-10)2-7(14)15/h6H,2-4,10-11H2,1H3,(H,12,13). The largest absolute Gasteiger partial charge is 0.394 e. The van der Waals surface area contributed by atoms with Gasteiger partial charge in [0, 0.05) is 13.0 Å². The van der Waals surface area contributed by atoms with E-state index in [9.17, 15) is 4.79 Å². The lowest BCUT2D eigenvalue weighted by Crippen LogP contribution is -2.26. The molecular weight excluding hydrogens is 194 g/mol. The van der Waals surface area contributed by atoms with Crippen LogP contribution >= 0.6 is 0 Å². The van der Waals surface area contributed by atoms with Gasteiger partial charge in [-0.2, -0.15) is 5.10 Å². The first-order valence-corrected chi connectivity index (χ1v) is 4.94. The van der Waals surface area contributed by atoms with Gasteiger partial charge in [-0.25, -0.2) is 0 Å². The van der Waals surface area contributed by atoms with Gasteiger partial charge in [-0.1, -0.05) is 0 Å². The first-order chi connectivity index (χ1) is 7.13. The van der Waals surface area contributed by atoms with Crippen molar-refractivity contribution in [1.29, 1.82) is 0 Å². The number of aromatic amines is 1. The van der Waals surface area contributed by atoms with E-state index in [4.69, 9.17) is 11.5 Å². The molecule has 5 N–H and O–H groups in total. The van der Waals surface area contributed by atoms with Crippen LogP contribution in [0.1, 0.15) is 12.1 Å². The maximum atomic E-state index is 11.7. The molecule has 0 aliphatic carbocycles. The topological polar surface area (TPSA) is 101 Å². The van der Waals surface area contributed by atoms with Gasteiger partial charge >= 0.3 is 0 Å². The highest BCUT2D eigenvalue weighted by atomic mass is 16.2. The van der Waals surface area contributed by atoms with Crippen molar-refractivity contribution in [3.63, 3.8) is 0 Å². The number of carbonyl (C=O) groups is 1. The quantitative estimate of drug-likeness (QED) is 0.617. The minimum Gasteiger partial charge on any atom is -0.394 e. The summed E-state index contributed by atoms with van der Waals surface area (Å²) in [4.78, 5) is 13.3. The van der Waals surface area contributed by atoms with E-state index in [1.54, 1.807) is 4.90 Å². The molecule has 1 aromatic rings. The van der Waals surface area contributed by atoms with Crippen molar-refractivity contribution in [3.05, 3.63) is 5.69 Å². The number of nitrogens with two attached hydrogens (primary N) is 2. The molecule has 0 aromatic carbocycles. The van der Waals surface area contributed by atoms with E-state index >= 15 is 0 Å². The van der Waals surface area contributed by atoms with Crippen LogP contribution in [0.25, 0.3) is 0 Å². The SMILES string of the molecule is Cc1[nH]nc(N2CC(CN)CC2=O)c1N. The molecule has 1 amide bonds. The Labute approximate surface area is 87.6 Å². The molecule has 1 fully saturated rings. The molecule has 2 rings (SSSR count). The van der Waals surface area contributed by atoms with Crippen LogP contribution < -0.4 is 16.4 Å². The second kappa shape index (κ2) is 3.54. The van der Waals surface area contributed by atoms with Crippen LogP contribution in [0.2, 0.25) is 0 Å². The summed E-state index contributed by atoms with van der Waals surface area (Å²) in [5, 5.41) is 6.80. The van der Waals surface area contributed by atoms with Gasteiger partial charge < -0.3 is 11.5 Å². The Bertz CT molecular complexity index is 386. The van der Waals surface area contributed by atoms with Crippen molar-refractivity contribution in [2.75, 3.05) is 23.7 Å². The number of nitrogen functional groups attached to an aromatic ring is 1. The number of aromatic nitrogens is 2. The summed E-state index contributed by atoms with van der Waals surface area (Å²) < 4.78 is 0. The Morgan fingerprint density at radius 3 is 2.87 bits per heavy atom. The number of nitrogens with zero attached hydrogens (tertiary/aromatic N) is 2. The number of hydrogen-bond donors (Lipinski definition) is 3. The third kappa shape index (κ3) is 1.56. The van der Waals surface area contributed by atoms with Crippen molar-refractivity contribution < 1.29 is 4.79 Å². The Morgan fingerprint density at radius 2 is 2.40 bits per heavy atom. The predicted molar refractivity (Wildman–Crippen MR) is 57.3 cm³/mol. The highest BCUT2D eigenvalue weighted by Gasteiger charge is 2.32. The van der Waals surface area contributed by atoms with Crippen molar-refractivity contribution in [2.45, 2.75) is 13.3 Å². The lowest BCUT2D eigenvalue weighted by Gasteiger charge is -2.13. The third-order valence-electron chi connectivity index (χ3n) is 2.77. The normalized spacial score (nSPS) is 21.3. The lowest BCUT2D eigenvalue weighted by molar-refractivity contribution is -0.117. The lowest BCUT2D eigenvalue weighted by atomic mass is 10.1. The molecule has 0 spiro atoms. The monoisotopic (exact) mass is 209 g/mol. The van der Waals surface area contributed by atoms with Crippen molar-refractivity contribution in [1.82, 2.24) is 10.2 Å². The number of anilines is 2. The zero-order chi connectivity index (χ0) is 11.0. The van der Waals surface area contributed by atoms with Gasteiger partial charge in [0.05, 0.1) is 11.4 Å². The summed E-state index contributed by atoms with van der Waals surface area (Å²) in [5.41, 5.74) is 12.7. The van der Waals surface area contributed by atoms with E-state index < -0.39 is 0 Å². The van der Waals surface area contributed by atoms with Gasteiger partial charge in [0.25, 0.3) is 0 Å². The molecule has 0 radical (unpaired) electrons. The van der Waals surface area contributed by atoms with E-state index in [0.717, 1.165) is 5.69 Å². The molecule has 82 valence electrons. The highest BCUT2D eigenvalue weighted by molar-refractivity contribution is 5.97. The number of rotatable bonds is 2. The number of hydrogen-bond acceptors (Lipinski definition) is 4. The zero-order valence-corrected chi connectivity index (χ0v) is 8.66. The Morgan fingerprint density at radius 1 is 1.67 bits per heavy atom. The van der Waals surface area contributed by atoms with Gasteiger partial charge in [0.1, 0.15) is 0 Å². The Balaban J connectivity index is 2.25. The molecule has 1 unspecified atom stereocenters. The molecule has 6 heteroatoms. The summed E-state index contributed by atoms with van der Waals surface area (Å²) >= 11 is 0. The van der Waals surface area contributed by atoms with Crippen molar-refractivity contribution in [3.8, 4) is 0 Å². The van der Waals surface area contributed by atoms with Gasteiger partial charge in [-0.15, -0.1) is 0 Å². The molecule has 1 aromatic heterocycles. The number of nitrogens with one attached hydrogen (secondary N) is 1. The van der Waals surface area contributed by atoms with E-state index in [1.165, 1.54) is 0 Å². The third-order valence-corrected chi connectivity index (χ3v) is 2.77. The van der Waals surface area contributed by atoms with Crippen LogP contribution in [0, 0.1) is 12.8 Å². The number of amides is 1. The second-order valence-electron chi connectivity index (χ2n) is 3.90. The molecule has 1 aliphatic rings. The maximum absolute atomic E-state index is 11.7. The second-order valence-corrected chi connectivity index (χ2v) is 3.90. The summed E-state index contributed by atoms with van der Waals surface area (Å²) in [6.45, 7) is 2.96. The summed E-state index contributed by atoms with van der Waals surface area (Å²) in [6, 6.07) is 0. The molecule has 1 atom stereocenters. The van der Waals surface area contributed by atoms with Crippen LogP contribution in [0.5, 0.6) is 0 Å². The fourth-order valence-electron chi connectivity index (χ4n) is 1.77. The number of H-pyrrole nitrogens is 1. The van der Waals surface area contributed by atoms with Gasteiger partial charge in [-0.05, 0) is 19.4 Å².